The zero-order valence-corrected chi connectivity index (χ0v) is 13.8. The largest absolute Gasteiger partial charge is 0.248 e. The summed E-state index contributed by atoms with van der Waals surface area (Å²) in [7, 11) is 0. The van der Waals surface area contributed by atoms with E-state index in [-0.39, 0.29) is 5.41 Å². The smallest absolute Gasteiger partial charge is 0.0716 e. The van der Waals surface area contributed by atoms with Gasteiger partial charge in [-0.2, -0.15) is 0 Å². The lowest BCUT2D eigenvalue weighted by Crippen LogP contribution is -2.10. The lowest BCUT2D eigenvalue weighted by Gasteiger charge is -2.19. The van der Waals surface area contributed by atoms with Crippen LogP contribution < -0.4 is 5.32 Å². The monoisotopic (exact) mass is 298 g/mol. The van der Waals surface area contributed by atoms with E-state index in [9.17, 15) is 0 Å². The Morgan fingerprint density at radius 3 is 2.04 bits per heavy atom. The van der Waals surface area contributed by atoms with Crippen molar-refractivity contribution in [3.63, 3.8) is 0 Å². The predicted octanol–water partition coefficient (Wildman–Crippen LogP) is 6.20. The van der Waals surface area contributed by atoms with Gasteiger partial charge in [-0.05, 0) is 40.3 Å². The average Bonchev–Trinajstić information content (AvgIpc) is 2.92. The predicted molar refractivity (Wildman–Crippen MR) is 97.5 cm³/mol. The van der Waals surface area contributed by atoms with Crippen LogP contribution in [0.15, 0.2) is 66.7 Å². The molecule has 0 N–H and O–H groups in total. The summed E-state index contributed by atoms with van der Waals surface area (Å²) in [5.41, 5.74) is 8.66. The molecule has 1 radical (unpaired) electrons. The van der Waals surface area contributed by atoms with E-state index in [1.807, 2.05) is 6.07 Å². The molecule has 3 aromatic carbocycles. The highest BCUT2D eigenvalue weighted by Gasteiger charge is 2.19. The molecule has 1 heteroatoms. The zero-order chi connectivity index (χ0) is 16.0. The molecule has 1 nitrogen and oxygen atoms in total. The van der Waals surface area contributed by atoms with Crippen molar-refractivity contribution in [2.75, 3.05) is 0 Å². The van der Waals surface area contributed by atoms with Crippen LogP contribution in [0.5, 0.6) is 0 Å². The summed E-state index contributed by atoms with van der Waals surface area (Å²) >= 11 is 0. The first-order valence-corrected chi connectivity index (χ1v) is 8.08. The molecular formula is C22H20N. The van der Waals surface area contributed by atoms with E-state index in [1.165, 1.54) is 27.8 Å². The van der Waals surface area contributed by atoms with Crippen LogP contribution in [0.25, 0.3) is 22.3 Å². The molecule has 0 saturated carbocycles. The molecule has 0 aliphatic carbocycles. The third-order valence-electron chi connectivity index (χ3n) is 4.52. The second-order valence-corrected chi connectivity index (χ2v) is 7.19. The third kappa shape index (κ3) is 2.43. The standard InChI is InChI=1S/C22H20N/c1-22(2,3)17-11-8-15(9-12-17)16-10-13-21-19(14-16)18-6-4-5-7-20(18)23-21/h4-14H,1-3H3. The second-order valence-electron chi connectivity index (χ2n) is 7.19. The third-order valence-corrected chi connectivity index (χ3v) is 4.52. The van der Waals surface area contributed by atoms with Gasteiger partial charge in [0.25, 0.3) is 0 Å². The van der Waals surface area contributed by atoms with Crippen LogP contribution in [0.2, 0.25) is 0 Å². The van der Waals surface area contributed by atoms with Crippen LogP contribution in [0.3, 0.4) is 0 Å². The molecule has 4 rings (SSSR count). The van der Waals surface area contributed by atoms with Gasteiger partial charge in [-0.25, -0.2) is 5.32 Å². The summed E-state index contributed by atoms with van der Waals surface area (Å²) in [6.07, 6.45) is 0. The van der Waals surface area contributed by atoms with Crippen molar-refractivity contribution in [3.05, 3.63) is 72.3 Å². The van der Waals surface area contributed by atoms with Gasteiger partial charge < -0.3 is 0 Å². The molecule has 0 bridgehead atoms. The van der Waals surface area contributed by atoms with Crippen LogP contribution in [0.1, 0.15) is 26.3 Å². The van der Waals surface area contributed by atoms with Crippen molar-refractivity contribution in [2.24, 2.45) is 0 Å². The van der Waals surface area contributed by atoms with E-state index in [0.717, 1.165) is 11.4 Å². The first-order valence-electron chi connectivity index (χ1n) is 8.08. The first-order chi connectivity index (χ1) is 11.0. The summed E-state index contributed by atoms with van der Waals surface area (Å²) in [5, 5.41) is 4.70. The Balaban J connectivity index is 1.75. The van der Waals surface area contributed by atoms with Crippen molar-refractivity contribution >= 4 is 11.4 Å². The maximum Gasteiger partial charge on any atom is 0.0716 e. The maximum absolute atomic E-state index is 4.70. The fourth-order valence-corrected chi connectivity index (χ4v) is 3.12. The maximum atomic E-state index is 4.70. The number of hydrogen-bond donors (Lipinski definition) is 0. The van der Waals surface area contributed by atoms with Gasteiger partial charge >= 0.3 is 0 Å². The molecule has 0 fully saturated rings. The van der Waals surface area contributed by atoms with Gasteiger partial charge in [-0.3, -0.25) is 0 Å². The fourth-order valence-electron chi connectivity index (χ4n) is 3.12. The van der Waals surface area contributed by atoms with E-state index in [1.54, 1.807) is 0 Å². The SMILES string of the molecule is CC(C)(C)c1ccc(-c2ccc3c(c2)-c2ccccc2[N]3)cc1. The van der Waals surface area contributed by atoms with Crippen LogP contribution in [-0.2, 0) is 5.41 Å². The highest BCUT2D eigenvalue weighted by atomic mass is 14.9. The van der Waals surface area contributed by atoms with E-state index >= 15 is 0 Å². The quantitative estimate of drug-likeness (QED) is 0.397. The van der Waals surface area contributed by atoms with Gasteiger partial charge in [0, 0.05) is 11.1 Å². The van der Waals surface area contributed by atoms with Crippen molar-refractivity contribution in [2.45, 2.75) is 26.2 Å². The van der Waals surface area contributed by atoms with Gasteiger partial charge in [0.05, 0.1) is 11.4 Å². The van der Waals surface area contributed by atoms with Crippen LogP contribution in [0.4, 0.5) is 11.4 Å². The minimum atomic E-state index is 0.189. The number of hydrogen-bond acceptors (Lipinski definition) is 0. The Kier molecular flexibility index (Phi) is 3.05. The molecule has 0 unspecified atom stereocenters. The van der Waals surface area contributed by atoms with Crippen LogP contribution in [0, 0.1) is 0 Å². The van der Waals surface area contributed by atoms with Crippen LogP contribution >= 0.6 is 0 Å². The summed E-state index contributed by atoms with van der Waals surface area (Å²) in [4.78, 5) is 0. The molecule has 0 saturated heterocycles. The van der Waals surface area contributed by atoms with Gasteiger partial charge in [0.15, 0.2) is 0 Å². The van der Waals surface area contributed by atoms with E-state index in [4.69, 9.17) is 5.32 Å². The molecule has 1 aliphatic rings. The topological polar surface area (TPSA) is 14.1 Å². The van der Waals surface area contributed by atoms with Crippen molar-refractivity contribution in [1.82, 2.24) is 5.32 Å². The molecule has 23 heavy (non-hydrogen) atoms. The minimum absolute atomic E-state index is 0.189. The minimum Gasteiger partial charge on any atom is -0.248 e. The van der Waals surface area contributed by atoms with E-state index in [0.29, 0.717) is 0 Å². The molecule has 1 heterocycles. The Hall–Kier alpha value is -2.54. The number of fused-ring (bicyclic) bond motifs is 3. The lowest BCUT2D eigenvalue weighted by molar-refractivity contribution is 0.590. The van der Waals surface area contributed by atoms with E-state index in [2.05, 4.69) is 81.4 Å². The summed E-state index contributed by atoms with van der Waals surface area (Å²) < 4.78 is 0. The van der Waals surface area contributed by atoms with Crippen molar-refractivity contribution in [1.29, 1.82) is 0 Å². The number of rotatable bonds is 1. The molecule has 0 aromatic heterocycles. The van der Waals surface area contributed by atoms with Gasteiger partial charge in [-0.15, -0.1) is 0 Å². The normalized spacial score (nSPS) is 12.5. The van der Waals surface area contributed by atoms with Crippen molar-refractivity contribution in [3.8, 4) is 22.3 Å². The van der Waals surface area contributed by atoms with Gasteiger partial charge in [0.2, 0.25) is 0 Å². The summed E-state index contributed by atoms with van der Waals surface area (Å²) in [6.45, 7) is 6.74. The van der Waals surface area contributed by atoms with E-state index < -0.39 is 0 Å². The van der Waals surface area contributed by atoms with Gasteiger partial charge in [0.1, 0.15) is 0 Å². The molecule has 3 aromatic rings. The second kappa shape index (κ2) is 4.99. The highest BCUT2D eigenvalue weighted by molar-refractivity contribution is 5.92. The molecule has 1 aliphatic heterocycles. The zero-order valence-electron chi connectivity index (χ0n) is 13.8. The Morgan fingerprint density at radius 1 is 0.652 bits per heavy atom. The Bertz CT molecular complexity index is 867. The number of para-hydroxylation sites is 1. The van der Waals surface area contributed by atoms with Crippen molar-refractivity contribution < 1.29 is 0 Å². The number of nitrogens with zero attached hydrogens (tertiary/aromatic N) is 1. The highest BCUT2D eigenvalue weighted by Crippen LogP contribution is 2.44. The molecular weight excluding hydrogens is 278 g/mol. The molecule has 0 amide bonds. The lowest BCUT2D eigenvalue weighted by atomic mass is 9.86. The molecule has 0 atom stereocenters. The molecule has 113 valence electrons. The molecule has 0 spiro atoms. The Morgan fingerprint density at radius 2 is 1.30 bits per heavy atom. The number of benzene rings is 3. The first kappa shape index (κ1) is 14.1. The fraction of sp³-hybridized carbons (Fsp3) is 0.182. The summed E-state index contributed by atoms with van der Waals surface area (Å²) in [5.74, 6) is 0. The summed E-state index contributed by atoms with van der Waals surface area (Å²) in [6, 6.07) is 23.8. The van der Waals surface area contributed by atoms with Crippen LogP contribution in [-0.4, -0.2) is 0 Å². The Labute approximate surface area is 138 Å². The average molecular weight is 298 g/mol. The van der Waals surface area contributed by atoms with Gasteiger partial charge in [-0.1, -0.05) is 69.3 Å².